The maximum absolute atomic E-state index is 2.79. The van der Waals surface area contributed by atoms with Crippen LogP contribution in [-0.4, -0.2) is 73.6 Å². The SMILES string of the molecule is CCC(C)(C1CC(N2CCN(C)CC2)C1)C1CCN(CCC(C)C)C1. The van der Waals surface area contributed by atoms with E-state index in [1.54, 1.807) is 0 Å². The molecule has 2 unspecified atom stereocenters. The molecule has 25 heavy (non-hydrogen) atoms. The molecule has 1 saturated carbocycles. The van der Waals surface area contributed by atoms with E-state index in [2.05, 4.69) is 49.4 Å². The third-order valence-corrected chi connectivity index (χ3v) is 8.09. The van der Waals surface area contributed by atoms with Crippen LogP contribution in [0.4, 0.5) is 0 Å². The zero-order valence-electron chi connectivity index (χ0n) is 17.6. The quantitative estimate of drug-likeness (QED) is 0.692. The zero-order valence-corrected chi connectivity index (χ0v) is 17.6. The first kappa shape index (κ1) is 19.6. The Kier molecular flexibility index (Phi) is 6.50. The zero-order chi connectivity index (χ0) is 18.0. The van der Waals surface area contributed by atoms with Gasteiger partial charge in [-0.3, -0.25) is 4.90 Å². The van der Waals surface area contributed by atoms with Gasteiger partial charge in [0.05, 0.1) is 0 Å². The van der Waals surface area contributed by atoms with Gasteiger partial charge in [0.1, 0.15) is 0 Å². The summed E-state index contributed by atoms with van der Waals surface area (Å²) in [4.78, 5) is 8.03. The molecule has 2 atom stereocenters. The van der Waals surface area contributed by atoms with Crippen molar-refractivity contribution in [1.82, 2.24) is 14.7 Å². The molecule has 0 spiro atoms. The average Bonchev–Trinajstić information content (AvgIpc) is 3.02. The van der Waals surface area contributed by atoms with Gasteiger partial charge in [-0.25, -0.2) is 0 Å². The van der Waals surface area contributed by atoms with Crippen LogP contribution in [0.1, 0.15) is 59.8 Å². The van der Waals surface area contributed by atoms with Gasteiger partial charge in [-0.05, 0) is 69.0 Å². The van der Waals surface area contributed by atoms with E-state index in [1.165, 1.54) is 77.9 Å². The van der Waals surface area contributed by atoms with Gasteiger partial charge in [0.2, 0.25) is 0 Å². The summed E-state index contributed by atoms with van der Waals surface area (Å²) in [5.41, 5.74) is 0.579. The Balaban J connectivity index is 1.49. The molecule has 2 saturated heterocycles. The summed E-state index contributed by atoms with van der Waals surface area (Å²) in [5, 5.41) is 0. The molecule has 3 heteroatoms. The van der Waals surface area contributed by atoms with Crippen molar-refractivity contribution >= 4 is 0 Å². The van der Waals surface area contributed by atoms with Crippen LogP contribution in [0.5, 0.6) is 0 Å². The summed E-state index contributed by atoms with van der Waals surface area (Å²) in [6.45, 7) is 19.0. The fourth-order valence-electron chi connectivity index (χ4n) is 5.54. The normalized spacial score (nSPS) is 35.0. The van der Waals surface area contributed by atoms with Crippen molar-refractivity contribution in [2.45, 2.75) is 65.8 Å². The summed E-state index contributed by atoms with van der Waals surface area (Å²) >= 11 is 0. The van der Waals surface area contributed by atoms with Gasteiger partial charge in [-0.15, -0.1) is 0 Å². The fraction of sp³-hybridized carbons (Fsp3) is 1.00. The third-order valence-electron chi connectivity index (χ3n) is 8.09. The predicted molar refractivity (Wildman–Crippen MR) is 108 cm³/mol. The molecular formula is C22H43N3. The average molecular weight is 350 g/mol. The number of piperazine rings is 1. The number of hydrogen-bond acceptors (Lipinski definition) is 3. The van der Waals surface area contributed by atoms with Gasteiger partial charge in [0.15, 0.2) is 0 Å². The maximum atomic E-state index is 2.79. The van der Waals surface area contributed by atoms with Crippen molar-refractivity contribution in [3.05, 3.63) is 0 Å². The van der Waals surface area contributed by atoms with Crippen LogP contribution >= 0.6 is 0 Å². The molecule has 146 valence electrons. The van der Waals surface area contributed by atoms with Gasteiger partial charge in [0, 0.05) is 38.8 Å². The van der Waals surface area contributed by atoms with Gasteiger partial charge in [-0.2, -0.15) is 0 Å². The number of hydrogen-bond donors (Lipinski definition) is 0. The van der Waals surface area contributed by atoms with Gasteiger partial charge in [0.25, 0.3) is 0 Å². The molecule has 2 heterocycles. The van der Waals surface area contributed by atoms with E-state index in [1.807, 2.05) is 0 Å². The van der Waals surface area contributed by atoms with E-state index < -0.39 is 0 Å². The standard InChI is InChI=1S/C22H43N3/c1-6-22(4,19-8-10-24(17-19)9-7-18(2)3)20-15-21(16-20)25-13-11-23(5)12-14-25/h18-21H,6-17H2,1-5H3. The Morgan fingerprint density at radius 2 is 1.68 bits per heavy atom. The lowest BCUT2D eigenvalue weighted by molar-refractivity contribution is -0.0386. The molecule has 3 aliphatic rings. The van der Waals surface area contributed by atoms with Crippen LogP contribution in [0, 0.1) is 23.2 Å². The molecule has 1 aliphatic carbocycles. The van der Waals surface area contributed by atoms with Gasteiger partial charge in [-0.1, -0.05) is 34.1 Å². The Morgan fingerprint density at radius 1 is 1.00 bits per heavy atom. The largest absolute Gasteiger partial charge is 0.304 e. The molecule has 0 N–H and O–H groups in total. The van der Waals surface area contributed by atoms with E-state index in [4.69, 9.17) is 0 Å². The molecule has 0 bridgehead atoms. The summed E-state index contributed by atoms with van der Waals surface area (Å²) < 4.78 is 0. The van der Waals surface area contributed by atoms with E-state index >= 15 is 0 Å². The van der Waals surface area contributed by atoms with Crippen LogP contribution in [-0.2, 0) is 0 Å². The Hall–Kier alpha value is -0.120. The Morgan fingerprint density at radius 3 is 2.28 bits per heavy atom. The van der Waals surface area contributed by atoms with Crippen LogP contribution in [0.2, 0.25) is 0 Å². The molecule has 0 aromatic carbocycles. The monoisotopic (exact) mass is 349 g/mol. The molecule has 0 aromatic heterocycles. The van der Waals surface area contributed by atoms with E-state index in [-0.39, 0.29) is 0 Å². The first-order valence-electron chi connectivity index (χ1n) is 11.1. The lowest BCUT2D eigenvalue weighted by Gasteiger charge is -2.54. The summed E-state index contributed by atoms with van der Waals surface area (Å²) in [6.07, 6.45) is 7.12. The smallest absolute Gasteiger partial charge is 0.0113 e. The summed E-state index contributed by atoms with van der Waals surface area (Å²) in [5.74, 6) is 2.74. The van der Waals surface area contributed by atoms with Crippen molar-refractivity contribution in [2.75, 3.05) is 52.9 Å². The van der Waals surface area contributed by atoms with Crippen molar-refractivity contribution in [3.8, 4) is 0 Å². The topological polar surface area (TPSA) is 9.72 Å². The molecule has 0 amide bonds. The van der Waals surface area contributed by atoms with Crippen LogP contribution < -0.4 is 0 Å². The summed E-state index contributed by atoms with van der Waals surface area (Å²) in [6, 6.07) is 0.892. The molecule has 3 fully saturated rings. The van der Waals surface area contributed by atoms with Crippen LogP contribution in [0.15, 0.2) is 0 Å². The highest BCUT2D eigenvalue weighted by Gasteiger charge is 2.49. The summed E-state index contributed by atoms with van der Waals surface area (Å²) in [7, 11) is 2.26. The van der Waals surface area contributed by atoms with Gasteiger partial charge < -0.3 is 9.80 Å². The molecule has 3 rings (SSSR count). The first-order valence-corrected chi connectivity index (χ1v) is 11.1. The highest BCUT2D eigenvalue weighted by atomic mass is 15.3. The second-order valence-corrected chi connectivity index (χ2v) is 9.99. The van der Waals surface area contributed by atoms with Crippen molar-refractivity contribution < 1.29 is 0 Å². The highest BCUT2D eigenvalue weighted by molar-refractivity contribution is 5.01. The van der Waals surface area contributed by atoms with Crippen LogP contribution in [0.25, 0.3) is 0 Å². The van der Waals surface area contributed by atoms with Crippen molar-refractivity contribution in [2.24, 2.45) is 23.2 Å². The van der Waals surface area contributed by atoms with Crippen molar-refractivity contribution in [3.63, 3.8) is 0 Å². The molecular weight excluding hydrogens is 306 g/mol. The van der Waals surface area contributed by atoms with E-state index in [0.29, 0.717) is 5.41 Å². The molecule has 0 aromatic rings. The minimum Gasteiger partial charge on any atom is -0.304 e. The third kappa shape index (κ3) is 4.42. The highest BCUT2D eigenvalue weighted by Crippen LogP contribution is 2.52. The number of nitrogens with zero attached hydrogens (tertiary/aromatic N) is 3. The maximum Gasteiger partial charge on any atom is 0.0113 e. The molecule has 2 aliphatic heterocycles. The number of rotatable bonds is 7. The van der Waals surface area contributed by atoms with Crippen molar-refractivity contribution in [1.29, 1.82) is 0 Å². The van der Waals surface area contributed by atoms with Crippen LogP contribution in [0.3, 0.4) is 0 Å². The second-order valence-electron chi connectivity index (χ2n) is 9.99. The minimum atomic E-state index is 0.579. The fourth-order valence-corrected chi connectivity index (χ4v) is 5.54. The number of likely N-dealkylation sites (tertiary alicyclic amines) is 1. The lowest BCUT2D eigenvalue weighted by Crippen LogP contribution is -2.56. The number of likely N-dealkylation sites (N-methyl/N-ethyl adjacent to an activating group) is 1. The molecule has 0 radical (unpaired) electrons. The minimum absolute atomic E-state index is 0.579. The van der Waals surface area contributed by atoms with E-state index in [9.17, 15) is 0 Å². The second kappa shape index (κ2) is 8.27. The first-order chi connectivity index (χ1) is 11.9. The van der Waals surface area contributed by atoms with Gasteiger partial charge >= 0.3 is 0 Å². The molecule has 3 nitrogen and oxygen atoms in total. The van der Waals surface area contributed by atoms with E-state index in [0.717, 1.165) is 23.8 Å². The predicted octanol–water partition coefficient (Wildman–Crippen LogP) is 3.80. The Bertz CT molecular complexity index is 409. The lowest BCUT2D eigenvalue weighted by atomic mass is 9.57. The Labute approximate surface area is 157 Å².